The first kappa shape index (κ1) is 15.3. The highest BCUT2D eigenvalue weighted by Gasteiger charge is 2.19. The van der Waals surface area contributed by atoms with Gasteiger partial charge in [0, 0.05) is 12.6 Å². The molecule has 1 rings (SSSR count). The van der Waals surface area contributed by atoms with Crippen LogP contribution in [0.15, 0.2) is 12.1 Å². The van der Waals surface area contributed by atoms with Crippen molar-refractivity contribution in [2.45, 2.75) is 39.0 Å². The SMILES string of the molecule is CCCCCCCNc1c(F)cc(F)cc1[N+](=O)[O-]. The van der Waals surface area contributed by atoms with E-state index >= 15 is 0 Å². The zero-order chi connectivity index (χ0) is 14.3. The van der Waals surface area contributed by atoms with Gasteiger partial charge in [0.1, 0.15) is 11.5 Å². The molecule has 0 amide bonds. The number of halogens is 2. The van der Waals surface area contributed by atoms with Crippen LogP contribution in [-0.2, 0) is 0 Å². The normalized spacial score (nSPS) is 10.5. The largest absolute Gasteiger partial charge is 0.377 e. The topological polar surface area (TPSA) is 55.2 Å². The van der Waals surface area contributed by atoms with E-state index in [0.29, 0.717) is 12.6 Å². The highest BCUT2D eigenvalue weighted by molar-refractivity contribution is 5.62. The van der Waals surface area contributed by atoms with Gasteiger partial charge >= 0.3 is 0 Å². The first-order valence-electron chi connectivity index (χ1n) is 6.43. The fourth-order valence-corrected chi connectivity index (χ4v) is 1.82. The number of anilines is 1. The molecule has 0 aliphatic rings. The monoisotopic (exact) mass is 272 g/mol. The Hall–Kier alpha value is -1.72. The van der Waals surface area contributed by atoms with Gasteiger partial charge in [0.15, 0.2) is 5.82 Å². The Bertz CT molecular complexity index is 439. The van der Waals surface area contributed by atoms with Crippen LogP contribution in [0.2, 0.25) is 0 Å². The van der Waals surface area contributed by atoms with Crippen molar-refractivity contribution in [2.24, 2.45) is 0 Å². The molecule has 0 aliphatic heterocycles. The third-order valence-corrected chi connectivity index (χ3v) is 2.81. The van der Waals surface area contributed by atoms with Gasteiger partial charge in [0.2, 0.25) is 0 Å². The summed E-state index contributed by atoms with van der Waals surface area (Å²) < 4.78 is 26.4. The maximum Gasteiger partial charge on any atom is 0.298 e. The second-order valence-electron chi connectivity index (χ2n) is 4.38. The van der Waals surface area contributed by atoms with E-state index in [2.05, 4.69) is 12.2 Å². The second-order valence-corrected chi connectivity index (χ2v) is 4.38. The summed E-state index contributed by atoms with van der Waals surface area (Å²) >= 11 is 0. The van der Waals surface area contributed by atoms with E-state index in [4.69, 9.17) is 0 Å². The number of rotatable bonds is 8. The summed E-state index contributed by atoms with van der Waals surface area (Å²) in [4.78, 5) is 9.95. The van der Waals surface area contributed by atoms with Gasteiger partial charge in [-0.05, 0) is 6.42 Å². The van der Waals surface area contributed by atoms with Crippen molar-refractivity contribution in [1.29, 1.82) is 0 Å². The molecule has 0 fully saturated rings. The molecule has 1 aromatic rings. The molecule has 0 unspecified atom stereocenters. The summed E-state index contributed by atoms with van der Waals surface area (Å²) in [6, 6.07) is 1.37. The molecular weight excluding hydrogens is 254 g/mol. The molecule has 0 heterocycles. The van der Waals surface area contributed by atoms with Gasteiger partial charge in [-0.3, -0.25) is 10.1 Å². The molecule has 6 heteroatoms. The summed E-state index contributed by atoms with van der Waals surface area (Å²) in [5, 5.41) is 13.4. The number of hydrogen-bond acceptors (Lipinski definition) is 3. The molecule has 0 atom stereocenters. The maximum absolute atomic E-state index is 13.5. The van der Waals surface area contributed by atoms with Gasteiger partial charge in [0.25, 0.3) is 5.69 Å². The van der Waals surface area contributed by atoms with Crippen molar-refractivity contribution in [3.8, 4) is 0 Å². The molecule has 0 aliphatic carbocycles. The van der Waals surface area contributed by atoms with Crippen molar-refractivity contribution in [3.05, 3.63) is 33.9 Å². The van der Waals surface area contributed by atoms with Crippen LogP contribution in [-0.4, -0.2) is 11.5 Å². The number of unbranched alkanes of at least 4 members (excludes halogenated alkanes) is 4. The fraction of sp³-hybridized carbons (Fsp3) is 0.538. The Morgan fingerprint density at radius 3 is 2.53 bits per heavy atom. The van der Waals surface area contributed by atoms with Crippen molar-refractivity contribution in [3.63, 3.8) is 0 Å². The summed E-state index contributed by atoms with van der Waals surface area (Å²) in [7, 11) is 0. The van der Waals surface area contributed by atoms with Crippen LogP contribution in [0.3, 0.4) is 0 Å². The van der Waals surface area contributed by atoms with Crippen LogP contribution in [0.5, 0.6) is 0 Å². The Morgan fingerprint density at radius 1 is 1.21 bits per heavy atom. The maximum atomic E-state index is 13.5. The third kappa shape index (κ3) is 4.81. The lowest BCUT2D eigenvalue weighted by Crippen LogP contribution is -2.07. The average molecular weight is 272 g/mol. The number of nitro benzene ring substituents is 1. The van der Waals surface area contributed by atoms with E-state index in [0.717, 1.165) is 38.2 Å². The Balaban J connectivity index is 2.59. The Morgan fingerprint density at radius 2 is 1.89 bits per heavy atom. The van der Waals surface area contributed by atoms with Crippen LogP contribution in [0.25, 0.3) is 0 Å². The number of nitro groups is 1. The van der Waals surface area contributed by atoms with Crippen molar-refractivity contribution in [1.82, 2.24) is 0 Å². The van der Waals surface area contributed by atoms with E-state index < -0.39 is 22.2 Å². The van der Waals surface area contributed by atoms with Crippen LogP contribution in [0.4, 0.5) is 20.2 Å². The molecule has 19 heavy (non-hydrogen) atoms. The molecular formula is C13H18F2N2O2. The first-order chi connectivity index (χ1) is 9.06. The minimum absolute atomic E-state index is 0.234. The average Bonchev–Trinajstić information content (AvgIpc) is 2.34. The number of nitrogens with zero attached hydrogens (tertiary/aromatic N) is 1. The fourth-order valence-electron chi connectivity index (χ4n) is 1.82. The van der Waals surface area contributed by atoms with Gasteiger partial charge in [-0.1, -0.05) is 32.6 Å². The lowest BCUT2D eigenvalue weighted by atomic mass is 10.1. The number of hydrogen-bond donors (Lipinski definition) is 1. The van der Waals surface area contributed by atoms with E-state index in [1.807, 2.05) is 0 Å². The van der Waals surface area contributed by atoms with Gasteiger partial charge < -0.3 is 5.32 Å². The molecule has 1 aromatic carbocycles. The highest BCUT2D eigenvalue weighted by Crippen LogP contribution is 2.28. The molecule has 0 radical (unpaired) electrons. The Labute approximate surface area is 111 Å². The van der Waals surface area contributed by atoms with Gasteiger partial charge in [0.05, 0.1) is 11.0 Å². The summed E-state index contributed by atoms with van der Waals surface area (Å²) in [6.07, 6.45) is 5.15. The highest BCUT2D eigenvalue weighted by atomic mass is 19.1. The minimum atomic E-state index is -0.947. The van der Waals surface area contributed by atoms with Crippen LogP contribution < -0.4 is 5.32 Å². The minimum Gasteiger partial charge on any atom is -0.377 e. The predicted octanol–water partition coefficient (Wildman–Crippen LogP) is 4.26. The van der Waals surface area contributed by atoms with Crippen molar-refractivity contribution >= 4 is 11.4 Å². The molecule has 0 bridgehead atoms. The predicted molar refractivity (Wildman–Crippen MR) is 70.3 cm³/mol. The molecule has 0 saturated carbocycles. The van der Waals surface area contributed by atoms with E-state index in [-0.39, 0.29) is 5.69 Å². The van der Waals surface area contributed by atoms with Gasteiger partial charge in [-0.15, -0.1) is 0 Å². The van der Waals surface area contributed by atoms with Gasteiger partial charge in [-0.25, -0.2) is 8.78 Å². The first-order valence-corrected chi connectivity index (χ1v) is 6.43. The van der Waals surface area contributed by atoms with Crippen LogP contribution >= 0.6 is 0 Å². The van der Waals surface area contributed by atoms with Crippen LogP contribution in [0.1, 0.15) is 39.0 Å². The zero-order valence-electron chi connectivity index (χ0n) is 10.9. The summed E-state index contributed by atoms with van der Waals surface area (Å²) in [6.45, 7) is 2.54. The molecule has 1 N–H and O–H groups in total. The summed E-state index contributed by atoms with van der Waals surface area (Å²) in [5.74, 6) is -1.88. The van der Waals surface area contributed by atoms with Crippen molar-refractivity contribution < 1.29 is 13.7 Å². The lowest BCUT2D eigenvalue weighted by Gasteiger charge is -2.08. The smallest absolute Gasteiger partial charge is 0.298 e. The lowest BCUT2D eigenvalue weighted by molar-refractivity contribution is -0.384. The molecule has 4 nitrogen and oxygen atoms in total. The van der Waals surface area contributed by atoms with Crippen molar-refractivity contribution in [2.75, 3.05) is 11.9 Å². The quantitative estimate of drug-likeness (QED) is 0.437. The molecule has 0 saturated heterocycles. The van der Waals surface area contributed by atoms with Gasteiger partial charge in [-0.2, -0.15) is 0 Å². The standard InChI is InChI=1S/C13H18F2N2O2/c1-2-3-4-5-6-7-16-13-11(15)8-10(14)9-12(13)17(18)19/h8-9,16H,2-7H2,1H3. The van der Waals surface area contributed by atoms with E-state index in [9.17, 15) is 18.9 Å². The van der Waals surface area contributed by atoms with Crippen LogP contribution in [0, 0.1) is 21.7 Å². The number of nitrogens with one attached hydrogen (secondary N) is 1. The molecule has 0 aromatic heterocycles. The molecule has 106 valence electrons. The summed E-state index contributed by atoms with van der Waals surface area (Å²) in [5.41, 5.74) is -0.798. The molecule has 0 spiro atoms. The third-order valence-electron chi connectivity index (χ3n) is 2.81. The Kier molecular flexibility index (Phi) is 6.18. The van der Waals surface area contributed by atoms with E-state index in [1.54, 1.807) is 0 Å². The zero-order valence-corrected chi connectivity index (χ0v) is 10.9. The van der Waals surface area contributed by atoms with E-state index in [1.165, 1.54) is 0 Å². The second kappa shape index (κ2) is 7.66. The number of benzene rings is 1.